The summed E-state index contributed by atoms with van der Waals surface area (Å²) in [5, 5.41) is 9.51. The molecular weight excluding hydrogens is 242 g/mol. The molecule has 1 aromatic carbocycles. The fraction of sp³-hybridized carbons (Fsp3) is 0.273. The molecule has 1 aliphatic heterocycles. The molecule has 0 fully saturated rings. The molecule has 3 nitrogen and oxygen atoms in total. The predicted octanol–water partition coefficient (Wildman–Crippen LogP) is 2.41. The Morgan fingerprint density at radius 2 is 2.31 bits per heavy atom. The number of phenolic OH excluding ortho intramolecular Hbond substituents is 1. The summed E-state index contributed by atoms with van der Waals surface area (Å²) in [7, 11) is 0. The van der Waals surface area contributed by atoms with E-state index in [9.17, 15) is 9.90 Å². The molecule has 1 N–H and O–H groups in total. The first-order valence-corrected chi connectivity index (χ1v) is 6.86. The Bertz CT molecular complexity index is 432. The SMILES string of the molecule is O=C(CSC1=NCCS1)c1ccccc1O. The van der Waals surface area contributed by atoms with Gasteiger partial charge in [-0.1, -0.05) is 35.7 Å². The van der Waals surface area contributed by atoms with Crippen molar-refractivity contribution in [3.8, 4) is 5.75 Å². The van der Waals surface area contributed by atoms with Crippen LogP contribution in [0.3, 0.4) is 0 Å². The fourth-order valence-corrected chi connectivity index (χ4v) is 3.21. The van der Waals surface area contributed by atoms with Crippen molar-refractivity contribution in [2.24, 2.45) is 4.99 Å². The highest BCUT2D eigenvalue weighted by atomic mass is 32.2. The van der Waals surface area contributed by atoms with Gasteiger partial charge in [0.2, 0.25) is 0 Å². The second-order valence-electron chi connectivity index (χ2n) is 3.23. The number of phenols is 1. The minimum Gasteiger partial charge on any atom is -0.507 e. The van der Waals surface area contributed by atoms with Gasteiger partial charge in [-0.15, -0.1) is 0 Å². The largest absolute Gasteiger partial charge is 0.507 e. The van der Waals surface area contributed by atoms with E-state index in [4.69, 9.17) is 0 Å². The van der Waals surface area contributed by atoms with Crippen molar-refractivity contribution >= 4 is 33.7 Å². The second-order valence-corrected chi connectivity index (χ2v) is 5.53. The van der Waals surface area contributed by atoms with Crippen LogP contribution in [0.2, 0.25) is 0 Å². The predicted molar refractivity (Wildman–Crippen MR) is 69.7 cm³/mol. The van der Waals surface area contributed by atoms with Crippen molar-refractivity contribution in [3.63, 3.8) is 0 Å². The van der Waals surface area contributed by atoms with Crippen molar-refractivity contribution in [2.45, 2.75) is 0 Å². The van der Waals surface area contributed by atoms with Crippen LogP contribution in [0.4, 0.5) is 0 Å². The van der Waals surface area contributed by atoms with Gasteiger partial charge in [-0.3, -0.25) is 9.79 Å². The lowest BCUT2D eigenvalue weighted by molar-refractivity contribution is 0.102. The van der Waals surface area contributed by atoms with E-state index in [1.165, 1.54) is 17.8 Å². The van der Waals surface area contributed by atoms with Gasteiger partial charge in [0.25, 0.3) is 0 Å². The van der Waals surface area contributed by atoms with Gasteiger partial charge < -0.3 is 5.11 Å². The Labute approximate surface area is 102 Å². The molecule has 1 aliphatic rings. The van der Waals surface area contributed by atoms with Crippen LogP contribution in [0, 0.1) is 0 Å². The Kier molecular flexibility index (Phi) is 3.90. The van der Waals surface area contributed by atoms with Crippen molar-refractivity contribution in [1.29, 1.82) is 0 Å². The number of Topliss-reactive ketones (excluding diaryl/α,β-unsaturated/α-hetero) is 1. The highest BCUT2D eigenvalue weighted by Crippen LogP contribution is 2.24. The number of para-hydroxylation sites is 1. The monoisotopic (exact) mass is 253 g/mol. The zero-order valence-corrected chi connectivity index (χ0v) is 10.2. The molecule has 16 heavy (non-hydrogen) atoms. The zero-order valence-electron chi connectivity index (χ0n) is 8.55. The highest BCUT2D eigenvalue weighted by molar-refractivity contribution is 8.39. The second kappa shape index (κ2) is 5.41. The Morgan fingerprint density at radius 1 is 1.50 bits per heavy atom. The molecule has 1 aromatic rings. The maximum atomic E-state index is 11.8. The number of aliphatic imine (C=N–C) groups is 1. The molecule has 0 amide bonds. The van der Waals surface area contributed by atoms with Gasteiger partial charge in [0.05, 0.1) is 17.9 Å². The third-order valence-electron chi connectivity index (χ3n) is 2.09. The lowest BCUT2D eigenvalue weighted by Gasteiger charge is -2.02. The van der Waals surface area contributed by atoms with Gasteiger partial charge in [0.1, 0.15) is 10.1 Å². The normalized spacial score (nSPS) is 14.9. The molecule has 84 valence electrons. The summed E-state index contributed by atoms with van der Waals surface area (Å²) in [6, 6.07) is 6.62. The summed E-state index contributed by atoms with van der Waals surface area (Å²) in [6.07, 6.45) is 0. The van der Waals surface area contributed by atoms with Crippen LogP contribution in [0.5, 0.6) is 5.75 Å². The van der Waals surface area contributed by atoms with Crippen LogP contribution >= 0.6 is 23.5 Å². The molecule has 0 aromatic heterocycles. The van der Waals surface area contributed by atoms with E-state index in [-0.39, 0.29) is 11.5 Å². The van der Waals surface area contributed by atoms with Crippen LogP contribution in [0.15, 0.2) is 29.3 Å². The Morgan fingerprint density at radius 3 is 3.00 bits per heavy atom. The number of hydrogen-bond donors (Lipinski definition) is 1. The number of benzene rings is 1. The van der Waals surface area contributed by atoms with Crippen LogP contribution in [-0.4, -0.2) is 33.3 Å². The fourth-order valence-electron chi connectivity index (χ4n) is 1.32. The molecule has 0 atom stereocenters. The first-order valence-electron chi connectivity index (χ1n) is 4.88. The first kappa shape index (κ1) is 11.5. The Hall–Kier alpha value is -0.940. The number of rotatable bonds is 3. The van der Waals surface area contributed by atoms with Gasteiger partial charge in [0.15, 0.2) is 5.78 Å². The van der Waals surface area contributed by atoms with Crippen molar-refractivity contribution < 1.29 is 9.90 Å². The highest BCUT2D eigenvalue weighted by Gasteiger charge is 2.14. The quantitative estimate of drug-likeness (QED) is 0.840. The van der Waals surface area contributed by atoms with Gasteiger partial charge in [0, 0.05) is 5.75 Å². The van der Waals surface area contributed by atoms with E-state index in [0.29, 0.717) is 11.3 Å². The number of nitrogens with zero attached hydrogens (tertiary/aromatic N) is 1. The minimum absolute atomic E-state index is 0.0501. The third-order valence-corrected chi connectivity index (χ3v) is 4.34. The molecular formula is C11H11NO2S2. The molecule has 0 bridgehead atoms. The number of ketones is 1. The molecule has 0 saturated heterocycles. The standard InChI is InChI=1S/C11H11NO2S2/c13-9-4-2-1-3-8(9)10(14)7-16-11-12-5-6-15-11/h1-4,13H,5-7H2. The molecule has 0 saturated carbocycles. The van der Waals surface area contributed by atoms with E-state index in [0.717, 1.165) is 16.7 Å². The number of thioether (sulfide) groups is 2. The number of carbonyl (C=O) groups excluding carboxylic acids is 1. The van der Waals surface area contributed by atoms with Gasteiger partial charge >= 0.3 is 0 Å². The van der Waals surface area contributed by atoms with Crippen LogP contribution in [0.1, 0.15) is 10.4 Å². The van der Waals surface area contributed by atoms with E-state index in [1.54, 1.807) is 30.0 Å². The average Bonchev–Trinajstić information content (AvgIpc) is 2.79. The zero-order chi connectivity index (χ0) is 11.4. The van der Waals surface area contributed by atoms with E-state index in [2.05, 4.69) is 4.99 Å². The molecule has 1 heterocycles. The lowest BCUT2D eigenvalue weighted by Crippen LogP contribution is -2.03. The van der Waals surface area contributed by atoms with Crippen LogP contribution in [0.25, 0.3) is 0 Å². The summed E-state index contributed by atoms with van der Waals surface area (Å²) < 4.78 is 0.976. The number of aromatic hydroxyl groups is 1. The smallest absolute Gasteiger partial charge is 0.176 e. The van der Waals surface area contributed by atoms with Gasteiger partial charge in [-0.2, -0.15) is 0 Å². The molecule has 0 radical (unpaired) electrons. The number of carbonyl (C=O) groups is 1. The lowest BCUT2D eigenvalue weighted by atomic mass is 10.1. The van der Waals surface area contributed by atoms with E-state index >= 15 is 0 Å². The van der Waals surface area contributed by atoms with Gasteiger partial charge in [-0.05, 0) is 12.1 Å². The van der Waals surface area contributed by atoms with Crippen molar-refractivity contribution in [3.05, 3.63) is 29.8 Å². The topological polar surface area (TPSA) is 49.7 Å². The van der Waals surface area contributed by atoms with Gasteiger partial charge in [-0.25, -0.2) is 0 Å². The summed E-state index contributed by atoms with van der Waals surface area (Å²) >= 11 is 3.13. The maximum Gasteiger partial charge on any atom is 0.176 e. The Balaban J connectivity index is 1.95. The molecule has 0 spiro atoms. The van der Waals surface area contributed by atoms with Crippen molar-refractivity contribution in [1.82, 2.24) is 0 Å². The molecule has 0 aliphatic carbocycles. The van der Waals surface area contributed by atoms with Crippen molar-refractivity contribution in [2.75, 3.05) is 18.1 Å². The third kappa shape index (κ3) is 2.80. The summed E-state index contributed by atoms with van der Waals surface area (Å²) in [6.45, 7) is 0.845. The molecule has 2 rings (SSSR count). The number of hydrogen-bond acceptors (Lipinski definition) is 5. The van der Waals surface area contributed by atoms with Crippen LogP contribution in [-0.2, 0) is 0 Å². The summed E-state index contributed by atoms with van der Waals surface area (Å²) in [5.74, 6) is 1.34. The summed E-state index contributed by atoms with van der Waals surface area (Å²) in [4.78, 5) is 16.0. The molecule has 5 heteroatoms. The minimum atomic E-state index is -0.0571. The van der Waals surface area contributed by atoms with E-state index in [1.807, 2.05) is 0 Å². The summed E-state index contributed by atoms with van der Waals surface area (Å²) in [5.41, 5.74) is 0.388. The molecule has 0 unspecified atom stereocenters. The van der Waals surface area contributed by atoms with Crippen LogP contribution < -0.4 is 0 Å². The maximum absolute atomic E-state index is 11.8. The van der Waals surface area contributed by atoms with E-state index < -0.39 is 0 Å². The first-order chi connectivity index (χ1) is 7.77. The average molecular weight is 253 g/mol.